The fraction of sp³-hybridized carbons (Fsp3) is 0.872. The lowest BCUT2D eigenvalue weighted by Gasteiger charge is -2.60. The average molecular weight is 771 g/mol. The van der Waals surface area contributed by atoms with E-state index in [2.05, 4.69) is 73.8 Å². The van der Waals surface area contributed by atoms with Crippen molar-refractivity contribution in [3.8, 4) is 0 Å². The van der Waals surface area contributed by atoms with Crippen LogP contribution in [0.3, 0.4) is 0 Å². The third-order valence-electron chi connectivity index (χ3n) is 13.8. The third kappa shape index (κ3) is 8.84. The van der Waals surface area contributed by atoms with Crippen molar-refractivity contribution in [1.82, 2.24) is 4.90 Å². The van der Waals surface area contributed by atoms with Crippen molar-refractivity contribution in [1.29, 1.82) is 0 Å². The first-order valence-corrected chi connectivity index (χ1v) is 18.6. The highest BCUT2D eigenvalue weighted by Gasteiger charge is 2.60. The van der Waals surface area contributed by atoms with Crippen LogP contribution in [0, 0.1) is 64.1 Å². The van der Waals surface area contributed by atoms with Crippen LogP contribution >= 0.6 is 0 Å². The number of carboxylic acids is 2. The molecule has 0 heterocycles. The number of hydrogen-bond acceptors (Lipinski definition) is 4. The van der Waals surface area contributed by atoms with Crippen molar-refractivity contribution in [2.45, 2.75) is 105 Å². The number of ketones is 1. The number of Topliss-reactive ketones (excluding diaryl/α,β-unsaturated/α-hetero) is 1. The summed E-state index contributed by atoms with van der Waals surface area (Å²) in [7, 11) is 8.67. The molecular weight excluding hydrogens is 703 g/mol. The van der Waals surface area contributed by atoms with E-state index in [0.717, 1.165) is 67.1 Å². The van der Waals surface area contributed by atoms with Gasteiger partial charge in [0.1, 0.15) is 5.92 Å². The number of aliphatic carboxylic acids is 2. The second kappa shape index (κ2) is 15.9. The Kier molecular flexibility index (Phi) is 13.7. The molecule has 0 aromatic rings. The molecule has 8 heteroatoms. The van der Waals surface area contributed by atoms with Crippen LogP contribution in [0.5, 0.6) is 0 Å². The van der Waals surface area contributed by atoms with Gasteiger partial charge in [0.05, 0.1) is 27.7 Å². The zero-order valence-corrected chi connectivity index (χ0v) is 33.2. The first-order valence-electron chi connectivity index (χ1n) is 18.6. The Morgan fingerprint density at radius 3 is 2.28 bits per heavy atom. The number of carbonyl (C=O) groups excluding carboxylic acids is 1. The number of halogens is 1. The van der Waals surface area contributed by atoms with Crippen molar-refractivity contribution in [2.75, 3.05) is 47.8 Å². The van der Waals surface area contributed by atoms with E-state index < -0.39 is 29.6 Å². The van der Waals surface area contributed by atoms with Crippen molar-refractivity contribution in [3.63, 3.8) is 0 Å². The number of allylic oxidation sites excluding steroid dienone is 2. The highest BCUT2D eigenvalue weighted by molar-refractivity contribution is 6.37. The topological polar surface area (TPSA) is 94.9 Å². The van der Waals surface area contributed by atoms with Crippen molar-refractivity contribution in [3.05, 3.63) is 11.6 Å². The Morgan fingerprint density at radius 1 is 1.00 bits per heavy atom. The van der Waals surface area contributed by atoms with E-state index in [9.17, 15) is 24.6 Å². The highest BCUT2D eigenvalue weighted by Crippen LogP contribution is 2.68. The van der Waals surface area contributed by atoms with Gasteiger partial charge in [-0.1, -0.05) is 65.5 Å². The molecule has 0 radical (unpaired) electrons. The molecule has 4 aliphatic rings. The van der Waals surface area contributed by atoms with Crippen LogP contribution in [0.2, 0.25) is 0 Å². The van der Waals surface area contributed by atoms with Gasteiger partial charge in [0.15, 0.2) is 0 Å². The molecular formula is C39H67IN2O5. The van der Waals surface area contributed by atoms with Gasteiger partial charge in [-0.15, -0.1) is 0 Å². The standard InChI is InChI=1S/C39H66N2O5.HI/c1-25(2)11-10-12-26(3)31-15-16-32-29-14-13-28-23-30(34(36(43)44)35(42)37(45)46)27(18-20-40(6)21-22-41(7,8)9)24-39(28,5)33(29)17-19-38(31,32)4;/h13,25-27,29-34H,10-12,14-24H2,1-9H3,(H-,43,44,45,46);1H/t26-,27?,29?,30?,31-,32?,33?,34+,38-,39+;/m1./s1. The van der Waals surface area contributed by atoms with E-state index in [1.165, 1.54) is 50.5 Å². The number of likely N-dealkylation sites (N-methyl/N-ethyl adjacent to an activating group) is 2. The van der Waals surface area contributed by atoms with Crippen LogP contribution < -0.4 is 24.0 Å². The van der Waals surface area contributed by atoms with Crippen LogP contribution in [0.25, 0.3) is 0 Å². The largest absolute Gasteiger partial charge is 1.00 e. The molecule has 0 aliphatic heterocycles. The predicted molar refractivity (Wildman–Crippen MR) is 184 cm³/mol. The Labute approximate surface area is 303 Å². The minimum absolute atomic E-state index is 0. The summed E-state index contributed by atoms with van der Waals surface area (Å²) in [5, 5.41) is 19.9. The van der Waals surface area contributed by atoms with Crippen molar-refractivity contribution < 1.29 is 53.1 Å². The van der Waals surface area contributed by atoms with Crippen LogP contribution in [0.4, 0.5) is 0 Å². The molecule has 47 heavy (non-hydrogen) atoms. The maximum Gasteiger partial charge on any atom is 0.373 e. The third-order valence-corrected chi connectivity index (χ3v) is 13.8. The van der Waals surface area contributed by atoms with E-state index in [1.54, 1.807) is 0 Å². The number of nitrogens with zero attached hydrogens (tertiary/aromatic N) is 2. The van der Waals surface area contributed by atoms with E-state index in [1.807, 2.05) is 0 Å². The molecule has 0 spiro atoms. The molecule has 0 amide bonds. The molecule has 4 rings (SSSR count). The highest BCUT2D eigenvalue weighted by atomic mass is 127. The maximum absolute atomic E-state index is 12.9. The Morgan fingerprint density at radius 2 is 1.68 bits per heavy atom. The fourth-order valence-electron chi connectivity index (χ4n) is 11.2. The molecule has 7 nitrogen and oxygen atoms in total. The number of rotatable bonds is 15. The molecule has 2 N–H and O–H groups in total. The summed E-state index contributed by atoms with van der Waals surface area (Å²) in [5.41, 5.74) is 1.67. The summed E-state index contributed by atoms with van der Waals surface area (Å²) in [5.74, 6) is -1.77. The normalized spacial score (nSPS) is 34.8. The van der Waals surface area contributed by atoms with Gasteiger partial charge in [-0.2, -0.15) is 0 Å². The van der Waals surface area contributed by atoms with Crippen molar-refractivity contribution >= 4 is 17.7 Å². The minimum atomic E-state index is -1.63. The SMILES string of the molecule is CC(C)CCC[C@@H](C)[C@H]1CCC2C3CC=C4CC([C@H](C(=O)O)C(=O)C(=O)O)C(CCN(C)CC[N+](C)(C)C)C[C@]4(C)C3CC[C@@]21C.[I-]. The summed E-state index contributed by atoms with van der Waals surface area (Å²) in [4.78, 5) is 39.6. The molecule has 0 aromatic carbocycles. The Hall–Kier alpha value is -1.00. The second-order valence-corrected chi connectivity index (χ2v) is 18.2. The number of carbonyl (C=O) groups is 3. The first kappa shape index (κ1) is 40.4. The van der Waals surface area contributed by atoms with Gasteiger partial charge >= 0.3 is 11.9 Å². The predicted octanol–water partition coefficient (Wildman–Crippen LogP) is 4.26. The minimum Gasteiger partial charge on any atom is -1.00 e. The van der Waals surface area contributed by atoms with Gasteiger partial charge < -0.3 is 43.6 Å². The summed E-state index contributed by atoms with van der Waals surface area (Å²) in [6, 6.07) is 0. The zero-order valence-electron chi connectivity index (χ0n) is 31.1. The summed E-state index contributed by atoms with van der Waals surface area (Å²) >= 11 is 0. The molecule has 0 saturated heterocycles. The van der Waals surface area contributed by atoms with Gasteiger partial charge in [-0.25, -0.2) is 4.79 Å². The number of carboxylic acid groups (broad SMARTS) is 2. The van der Waals surface area contributed by atoms with E-state index in [4.69, 9.17) is 0 Å². The molecule has 10 atom stereocenters. The van der Waals surface area contributed by atoms with Gasteiger partial charge in [-0.05, 0) is 123 Å². The first-order chi connectivity index (χ1) is 21.4. The quantitative estimate of drug-likeness (QED) is 0.0851. The fourth-order valence-corrected chi connectivity index (χ4v) is 11.2. The number of hydrogen-bond donors (Lipinski definition) is 2. The monoisotopic (exact) mass is 770 g/mol. The van der Waals surface area contributed by atoms with Crippen LogP contribution in [0.15, 0.2) is 11.6 Å². The van der Waals surface area contributed by atoms with Gasteiger partial charge in [-0.3, -0.25) is 9.59 Å². The lowest BCUT2D eigenvalue weighted by Crippen LogP contribution is -3.00. The molecule has 5 unspecified atom stereocenters. The summed E-state index contributed by atoms with van der Waals surface area (Å²) in [6.45, 7) is 15.0. The molecule has 3 saturated carbocycles. The lowest BCUT2D eigenvalue weighted by molar-refractivity contribution is -0.869. The van der Waals surface area contributed by atoms with Gasteiger partial charge in [0.25, 0.3) is 5.78 Å². The van der Waals surface area contributed by atoms with Gasteiger partial charge in [0.2, 0.25) is 0 Å². The number of fused-ring (bicyclic) bond motifs is 5. The summed E-state index contributed by atoms with van der Waals surface area (Å²) < 4.78 is 0.873. The molecule has 4 aliphatic carbocycles. The van der Waals surface area contributed by atoms with Crippen LogP contribution in [0.1, 0.15) is 105 Å². The second-order valence-electron chi connectivity index (χ2n) is 18.2. The smallest absolute Gasteiger partial charge is 0.373 e. The van der Waals surface area contributed by atoms with E-state index in [-0.39, 0.29) is 35.3 Å². The molecule has 0 aromatic heterocycles. The maximum atomic E-state index is 12.9. The Balaban J connectivity index is 0.00000600. The van der Waals surface area contributed by atoms with E-state index in [0.29, 0.717) is 23.7 Å². The molecule has 3 fully saturated rings. The molecule has 270 valence electrons. The van der Waals surface area contributed by atoms with Gasteiger partial charge in [0, 0.05) is 6.54 Å². The van der Waals surface area contributed by atoms with Crippen molar-refractivity contribution in [2.24, 2.45) is 64.1 Å². The van der Waals surface area contributed by atoms with Crippen LogP contribution in [-0.2, 0) is 14.4 Å². The summed E-state index contributed by atoms with van der Waals surface area (Å²) in [6.07, 6.45) is 14.8. The number of quaternary nitrogens is 1. The van der Waals surface area contributed by atoms with Crippen LogP contribution in [-0.4, -0.2) is 85.1 Å². The van der Waals surface area contributed by atoms with E-state index >= 15 is 0 Å². The molecule has 0 bridgehead atoms. The zero-order chi connectivity index (χ0) is 34.2. The lowest BCUT2D eigenvalue weighted by atomic mass is 9.45. The average Bonchev–Trinajstić information content (AvgIpc) is 3.31. The Bertz CT molecular complexity index is 1150.